The first kappa shape index (κ1) is 21.8. The molecule has 0 spiro atoms. The van der Waals surface area contributed by atoms with Gasteiger partial charge in [0.15, 0.2) is 19.7 Å². The van der Waals surface area contributed by atoms with Crippen LogP contribution in [0, 0.1) is 0 Å². The lowest BCUT2D eigenvalue weighted by Crippen LogP contribution is -2.26. The highest BCUT2D eigenvalue weighted by atomic mass is 35.5. The average molecular weight is 456 g/mol. The number of carbonyl (C=O) groups excluding carboxylic acids is 1. The third-order valence-corrected chi connectivity index (χ3v) is 9.41. The van der Waals surface area contributed by atoms with Crippen LogP contribution >= 0.6 is 11.6 Å². The summed E-state index contributed by atoms with van der Waals surface area (Å²) in [6.45, 7) is 0.419. The summed E-state index contributed by atoms with van der Waals surface area (Å²) in [7, 11) is -7.21. The molecule has 1 unspecified atom stereocenters. The van der Waals surface area contributed by atoms with E-state index in [1.54, 1.807) is 0 Å². The molecule has 0 aliphatic carbocycles. The average Bonchev–Trinajstić information content (AvgIpc) is 3.06. The molecular weight excluding hydrogens is 434 g/mol. The van der Waals surface area contributed by atoms with Crippen LogP contribution in [-0.2, 0) is 26.1 Å². The van der Waals surface area contributed by atoms with Crippen LogP contribution in [-0.4, -0.2) is 46.0 Å². The molecule has 1 fully saturated rings. The quantitative estimate of drug-likeness (QED) is 0.647. The molecule has 0 bridgehead atoms. The lowest BCUT2D eigenvalue weighted by Gasteiger charge is -2.12. The Balaban J connectivity index is 1.67. The van der Waals surface area contributed by atoms with Crippen LogP contribution in [0.1, 0.15) is 28.8 Å². The van der Waals surface area contributed by atoms with Crippen molar-refractivity contribution in [1.82, 2.24) is 5.32 Å². The van der Waals surface area contributed by atoms with Crippen molar-refractivity contribution in [2.24, 2.45) is 0 Å². The van der Waals surface area contributed by atoms with E-state index in [9.17, 15) is 21.6 Å². The first-order valence-corrected chi connectivity index (χ1v) is 13.0. The van der Waals surface area contributed by atoms with Crippen molar-refractivity contribution in [3.05, 3.63) is 64.7 Å². The van der Waals surface area contributed by atoms with E-state index in [0.717, 1.165) is 12.8 Å². The third-order valence-electron chi connectivity index (χ3n) is 4.91. The van der Waals surface area contributed by atoms with Crippen molar-refractivity contribution in [1.29, 1.82) is 0 Å². The van der Waals surface area contributed by atoms with E-state index in [1.807, 2.05) is 30.3 Å². The fourth-order valence-electron chi connectivity index (χ4n) is 3.29. The Morgan fingerprint density at radius 1 is 1.14 bits per heavy atom. The second-order valence-electron chi connectivity index (χ2n) is 7.06. The molecule has 2 aromatic rings. The summed E-state index contributed by atoms with van der Waals surface area (Å²) in [6, 6.07) is 13.8. The Morgan fingerprint density at radius 3 is 2.52 bits per heavy atom. The third kappa shape index (κ3) is 5.38. The minimum Gasteiger partial charge on any atom is -0.352 e. The Morgan fingerprint density at radius 2 is 1.86 bits per heavy atom. The number of aryl methyl sites for hydroxylation is 1. The molecule has 1 saturated heterocycles. The molecule has 1 aliphatic rings. The first-order valence-electron chi connectivity index (χ1n) is 9.25. The molecule has 1 N–H and O–H groups in total. The van der Waals surface area contributed by atoms with Crippen molar-refractivity contribution < 1.29 is 21.6 Å². The van der Waals surface area contributed by atoms with Gasteiger partial charge in [-0.3, -0.25) is 4.79 Å². The van der Waals surface area contributed by atoms with Gasteiger partial charge in [0.1, 0.15) is 0 Å². The number of nitrogens with one attached hydrogen (secondary N) is 1. The first-order chi connectivity index (χ1) is 13.7. The van der Waals surface area contributed by atoms with Crippen LogP contribution in [0.15, 0.2) is 53.4 Å². The van der Waals surface area contributed by atoms with Crippen LogP contribution < -0.4 is 5.32 Å². The summed E-state index contributed by atoms with van der Waals surface area (Å²) in [5, 5.41) is 1.91. The maximum Gasteiger partial charge on any atom is 0.252 e. The number of hydrogen-bond acceptors (Lipinski definition) is 5. The lowest BCUT2D eigenvalue weighted by atomic mass is 10.1. The molecule has 29 heavy (non-hydrogen) atoms. The predicted octanol–water partition coefficient (Wildman–Crippen LogP) is 2.66. The molecule has 1 heterocycles. The number of hydrogen-bond donors (Lipinski definition) is 1. The van der Waals surface area contributed by atoms with Crippen molar-refractivity contribution in [2.45, 2.75) is 29.4 Å². The van der Waals surface area contributed by atoms with Gasteiger partial charge in [0.25, 0.3) is 5.91 Å². The summed E-state index contributed by atoms with van der Waals surface area (Å²) in [6.07, 6.45) is 1.60. The number of benzene rings is 2. The van der Waals surface area contributed by atoms with Gasteiger partial charge in [-0.2, -0.15) is 0 Å². The fraction of sp³-hybridized carbons (Fsp3) is 0.350. The van der Waals surface area contributed by atoms with Gasteiger partial charge in [0.05, 0.1) is 32.2 Å². The lowest BCUT2D eigenvalue weighted by molar-refractivity contribution is 0.0953. The summed E-state index contributed by atoms with van der Waals surface area (Å²) in [5.74, 6) is -0.989. The summed E-state index contributed by atoms with van der Waals surface area (Å²) in [4.78, 5) is 12.4. The molecule has 0 saturated carbocycles. The predicted molar refractivity (Wildman–Crippen MR) is 113 cm³/mol. The molecular formula is C20H22ClNO5S2. The van der Waals surface area contributed by atoms with Gasteiger partial charge in [-0.1, -0.05) is 41.9 Å². The number of halogens is 1. The van der Waals surface area contributed by atoms with Gasteiger partial charge in [-0.15, -0.1) is 0 Å². The summed E-state index contributed by atoms with van der Waals surface area (Å²) >= 11 is 6.10. The largest absolute Gasteiger partial charge is 0.352 e. The second-order valence-corrected chi connectivity index (χ2v) is 11.9. The summed E-state index contributed by atoms with van der Waals surface area (Å²) in [5.41, 5.74) is 1.23. The number of amides is 1. The minimum atomic E-state index is -3.86. The maximum absolute atomic E-state index is 12.8. The summed E-state index contributed by atoms with van der Waals surface area (Å²) < 4.78 is 48.9. The molecule has 1 atom stereocenters. The zero-order chi connectivity index (χ0) is 21.1. The standard InChI is InChI=1S/C20H22ClNO5S2/c21-19-9-8-16(29(26,27)17-10-12-28(24,25)14-17)13-18(19)20(23)22-11-4-7-15-5-2-1-3-6-15/h1-3,5-6,8-9,13,17H,4,7,10-12,14H2,(H,22,23). The van der Waals surface area contributed by atoms with Crippen LogP contribution in [0.4, 0.5) is 0 Å². The van der Waals surface area contributed by atoms with E-state index < -0.39 is 30.8 Å². The highest BCUT2D eigenvalue weighted by Gasteiger charge is 2.38. The molecule has 6 nitrogen and oxygen atoms in total. The van der Waals surface area contributed by atoms with E-state index in [0.29, 0.717) is 6.54 Å². The van der Waals surface area contributed by atoms with Crippen molar-refractivity contribution in [2.75, 3.05) is 18.1 Å². The molecule has 1 aliphatic heterocycles. The normalized spacial score (nSPS) is 18.4. The SMILES string of the molecule is O=C(NCCCc1ccccc1)c1cc(S(=O)(=O)C2CCS(=O)(=O)C2)ccc1Cl. The van der Waals surface area contributed by atoms with Gasteiger partial charge in [-0.05, 0) is 43.0 Å². The van der Waals surface area contributed by atoms with Crippen LogP contribution in [0.3, 0.4) is 0 Å². The molecule has 9 heteroatoms. The Hall–Kier alpha value is -1.90. The molecule has 3 rings (SSSR count). The monoisotopic (exact) mass is 455 g/mol. The number of sulfone groups is 2. The molecule has 2 aromatic carbocycles. The van der Waals surface area contributed by atoms with Crippen LogP contribution in [0.25, 0.3) is 0 Å². The minimum absolute atomic E-state index is 0.0632. The van der Waals surface area contributed by atoms with Gasteiger partial charge in [-0.25, -0.2) is 16.8 Å². The van der Waals surface area contributed by atoms with Gasteiger partial charge >= 0.3 is 0 Å². The van der Waals surface area contributed by atoms with Gasteiger partial charge in [0, 0.05) is 6.54 Å². The highest BCUT2D eigenvalue weighted by molar-refractivity contribution is 7.96. The van der Waals surface area contributed by atoms with Crippen molar-refractivity contribution >= 4 is 37.2 Å². The topological polar surface area (TPSA) is 97.4 Å². The zero-order valence-electron chi connectivity index (χ0n) is 15.7. The highest BCUT2D eigenvalue weighted by Crippen LogP contribution is 2.28. The van der Waals surface area contributed by atoms with E-state index >= 15 is 0 Å². The second kappa shape index (κ2) is 8.85. The van der Waals surface area contributed by atoms with Crippen LogP contribution in [0.2, 0.25) is 5.02 Å². The van der Waals surface area contributed by atoms with Crippen molar-refractivity contribution in [3.8, 4) is 0 Å². The van der Waals surface area contributed by atoms with Crippen LogP contribution in [0.5, 0.6) is 0 Å². The maximum atomic E-state index is 12.8. The van der Waals surface area contributed by atoms with E-state index in [4.69, 9.17) is 11.6 Å². The Kier molecular flexibility index (Phi) is 6.65. The Labute approximate surface area is 176 Å². The molecule has 156 valence electrons. The number of rotatable bonds is 7. The zero-order valence-corrected chi connectivity index (χ0v) is 18.1. The fourth-order valence-corrected chi connectivity index (χ4v) is 7.88. The smallest absolute Gasteiger partial charge is 0.252 e. The molecule has 0 aromatic heterocycles. The van der Waals surface area contributed by atoms with E-state index in [1.165, 1.54) is 23.8 Å². The van der Waals surface area contributed by atoms with E-state index in [2.05, 4.69) is 5.32 Å². The number of carbonyl (C=O) groups is 1. The molecule has 0 radical (unpaired) electrons. The van der Waals surface area contributed by atoms with Crippen molar-refractivity contribution in [3.63, 3.8) is 0 Å². The Bertz CT molecular complexity index is 1100. The molecule has 1 amide bonds. The van der Waals surface area contributed by atoms with Gasteiger partial charge < -0.3 is 5.32 Å². The van der Waals surface area contributed by atoms with E-state index in [-0.39, 0.29) is 33.4 Å². The van der Waals surface area contributed by atoms with Gasteiger partial charge in [0.2, 0.25) is 0 Å².